The number of carbonyl (C=O) groups is 1. The van der Waals surface area contributed by atoms with E-state index in [-0.39, 0.29) is 5.91 Å². The predicted octanol–water partition coefficient (Wildman–Crippen LogP) is 2.35. The molecule has 0 atom stereocenters. The van der Waals surface area contributed by atoms with Crippen LogP contribution >= 0.6 is 0 Å². The van der Waals surface area contributed by atoms with E-state index in [1.807, 2.05) is 49.5 Å². The lowest BCUT2D eigenvalue weighted by Crippen LogP contribution is -2.31. The van der Waals surface area contributed by atoms with Gasteiger partial charge in [0.1, 0.15) is 0 Å². The van der Waals surface area contributed by atoms with Gasteiger partial charge in [-0.05, 0) is 29.8 Å². The van der Waals surface area contributed by atoms with Gasteiger partial charge in [-0.3, -0.25) is 9.78 Å². The van der Waals surface area contributed by atoms with Crippen LogP contribution in [0.25, 0.3) is 6.08 Å². The van der Waals surface area contributed by atoms with Crippen molar-refractivity contribution in [2.75, 3.05) is 25.0 Å². The maximum Gasteiger partial charge on any atom is 0.244 e. The van der Waals surface area contributed by atoms with E-state index >= 15 is 0 Å². The van der Waals surface area contributed by atoms with Gasteiger partial charge in [-0.1, -0.05) is 24.3 Å². The van der Waals surface area contributed by atoms with Gasteiger partial charge < -0.3 is 10.2 Å². The van der Waals surface area contributed by atoms with Crippen LogP contribution in [0.5, 0.6) is 0 Å². The number of aromatic nitrogens is 1. The maximum atomic E-state index is 11.7. The number of para-hydroxylation sites is 1. The Morgan fingerprint density at radius 1 is 1.24 bits per heavy atom. The van der Waals surface area contributed by atoms with E-state index in [1.165, 1.54) is 6.08 Å². The molecule has 1 amide bonds. The molecule has 0 aliphatic heterocycles. The van der Waals surface area contributed by atoms with E-state index in [1.54, 1.807) is 18.5 Å². The molecular formula is C17H19N3O. The summed E-state index contributed by atoms with van der Waals surface area (Å²) in [6.07, 6.45) is 6.70. The van der Waals surface area contributed by atoms with Crippen LogP contribution in [0, 0.1) is 0 Å². The fourth-order valence-corrected chi connectivity index (χ4v) is 1.86. The molecule has 0 bridgehead atoms. The number of nitrogens with zero attached hydrogens (tertiary/aromatic N) is 2. The molecule has 0 radical (unpaired) electrons. The van der Waals surface area contributed by atoms with Gasteiger partial charge in [0, 0.05) is 44.3 Å². The summed E-state index contributed by atoms with van der Waals surface area (Å²) in [4.78, 5) is 17.8. The number of hydrogen-bond acceptors (Lipinski definition) is 3. The summed E-state index contributed by atoms with van der Waals surface area (Å²) < 4.78 is 0. The Bertz CT molecular complexity index is 581. The van der Waals surface area contributed by atoms with Crippen LogP contribution in [0.15, 0.2) is 60.9 Å². The minimum Gasteiger partial charge on any atom is -0.373 e. The number of rotatable bonds is 6. The van der Waals surface area contributed by atoms with Gasteiger partial charge >= 0.3 is 0 Å². The topological polar surface area (TPSA) is 45.2 Å². The molecule has 0 saturated heterocycles. The molecule has 21 heavy (non-hydrogen) atoms. The third kappa shape index (κ3) is 5.10. The fraction of sp³-hybridized carbons (Fsp3) is 0.176. The van der Waals surface area contributed by atoms with Crippen molar-refractivity contribution in [3.63, 3.8) is 0 Å². The zero-order valence-corrected chi connectivity index (χ0v) is 12.1. The van der Waals surface area contributed by atoms with E-state index in [9.17, 15) is 4.79 Å². The Hall–Kier alpha value is -2.62. The van der Waals surface area contributed by atoms with Crippen molar-refractivity contribution in [3.05, 3.63) is 66.5 Å². The minimum atomic E-state index is -0.0969. The van der Waals surface area contributed by atoms with Crippen molar-refractivity contribution < 1.29 is 4.79 Å². The van der Waals surface area contributed by atoms with Crippen LogP contribution < -0.4 is 10.2 Å². The quantitative estimate of drug-likeness (QED) is 0.827. The van der Waals surface area contributed by atoms with Crippen molar-refractivity contribution in [3.8, 4) is 0 Å². The first-order chi connectivity index (χ1) is 10.3. The summed E-state index contributed by atoms with van der Waals surface area (Å²) in [6, 6.07) is 13.8. The second-order valence-corrected chi connectivity index (χ2v) is 4.67. The second-order valence-electron chi connectivity index (χ2n) is 4.67. The van der Waals surface area contributed by atoms with Gasteiger partial charge in [0.15, 0.2) is 0 Å². The molecule has 1 aromatic heterocycles. The first kappa shape index (κ1) is 14.8. The largest absolute Gasteiger partial charge is 0.373 e. The normalized spacial score (nSPS) is 10.5. The van der Waals surface area contributed by atoms with Crippen molar-refractivity contribution in [2.45, 2.75) is 0 Å². The Morgan fingerprint density at radius 2 is 2.05 bits per heavy atom. The van der Waals surface area contributed by atoms with E-state index in [0.717, 1.165) is 17.8 Å². The van der Waals surface area contributed by atoms with Gasteiger partial charge in [0.05, 0.1) is 0 Å². The van der Waals surface area contributed by atoms with Crippen LogP contribution in [-0.4, -0.2) is 31.0 Å². The predicted molar refractivity (Wildman–Crippen MR) is 86.0 cm³/mol. The summed E-state index contributed by atoms with van der Waals surface area (Å²) in [5, 5.41) is 2.87. The molecule has 1 aromatic carbocycles. The highest BCUT2D eigenvalue weighted by molar-refractivity contribution is 5.91. The molecule has 1 heterocycles. The maximum absolute atomic E-state index is 11.7. The van der Waals surface area contributed by atoms with E-state index in [0.29, 0.717) is 6.54 Å². The number of likely N-dealkylation sites (N-methyl/N-ethyl adjacent to an activating group) is 1. The highest BCUT2D eigenvalue weighted by Crippen LogP contribution is 2.09. The zero-order chi connectivity index (χ0) is 14.9. The van der Waals surface area contributed by atoms with Crippen LogP contribution in [0.2, 0.25) is 0 Å². The van der Waals surface area contributed by atoms with Gasteiger partial charge in [-0.15, -0.1) is 0 Å². The zero-order valence-electron chi connectivity index (χ0n) is 12.1. The number of hydrogen-bond donors (Lipinski definition) is 1. The number of pyridine rings is 1. The third-order valence-electron chi connectivity index (χ3n) is 3.05. The second kappa shape index (κ2) is 7.85. The average molecular weight is 281 g/mol. The summed E-state index contributed by atoms with van der Waals surface area (Å²) >= 11 is 0. The molecule has 0 aliphatic rings. The summed E-state index contributed by atoms with van der Waals surface area (Å²) in [6.45, 7) is 1.36. The third-order valence-corrected chi connectivity index (χ3v) is 3.05. The van der Waals surface area contributed by atoms with Gasteiger partial charge in [-0.2, -0.15) is 0 Å². The molecule has 4 nitrogen and oxygen atoms in total. The first-order valence-corrected chi connectivity index (χ1v) is 6.88. The number of carbonyl (C=O) groups excluding carboxylic acids is 1. The monoisotopic (exact) mass is 281 g/mol. The van der Waals surface area contributed by atoms with Crippen molar-refractivity contribution in [1.29, 1.82) is 0 Å². The lowest BCUT2D eigenvalue weighted by atomic mass is 10.2. The van der Waals surface area contributed by atoms with E-state index in [2.05, 4.69) is 15.2 Å². The van der Waals surface area contributed by atoms with Crippen LogP contribution in [-0.2, 0) is 4.79 Å². The van der Waals surface area contributed by atoms with Crippen LogP contribution in [0.1, 0.15) is 5.56 Å². The number of nitrogens with one attached hydrogen (secondary N) is 1. The summed E-state index contributed by atoms with van der Waals surface area (Å²) in [5.74, 6) is -0.0969. The van der Waals surface area contributed by atoms with E-state index < -0.39 is 0 Å². The molecule has 0 fully saturated rings. The lowest BCUT2D eigenvalue weighted by Gasteiger charge is -2.19. The average Bonchev–Trinajstić information content (AvgIpc) is 2.54. The Kier molecular flexibility index (Phi) is 5.52. The Morgan fingerprint density at radius 3 is 2.76 bits per heavy atom. The van der Waals surface area contributed by atoms with Gasteiger partial charge in [0.2, 0.25) is 5.91 Å². The smallest absolute Gasteiger partial charge is 0.244 e. The minimum absolute atomic E-state index is 0.0969. The number of amides is 1. The van der Waals surface area contributed by atoms with Crippen LogP contribution in [0.3, 0.4) is 0 Å². The standard InChI is InChI=1S/C17H19N3O/c1-20(16-7-3-2-4-8-16)13-12-19-17(21)10-9-15-6-5-11-18-14-15/h2-11,14H,12-13H2,1H3,(H,19,21)/b10-9+. The molecule has 4 heteroatoms. The highest BCUT2D eigenvalue weighted by Gasteiger charge is 2.00. The Labute approximate surface area is 125 Å². The van der Waals surface area contributed by atoms with Gasteiger partial charge in [0.25, 0.3) is 0 Å². The molecule has 0 unspecified atom stereocenters. The highest BCUT2D eigenvalue weighted by atomic mass is 16.1. The number of anilines is 1. The van der Waals surface area contributed by atoms with Crippen molar-refractivity contribution in [2.24, 2.45) is 0 Å². The van der Waals surface area contributed by atoms with E-state index in [4.69, 9.17) is 0 Å². The molecule has 1 N–H and O–H groups in total. The lowest BCUT2D eigenvalue weighted by molar-refractivity contribution is -0.116. The summed E-state index contributed by atoms with van der Waals surface area (Å²) in [7, 11) is 2.01. The van der Waals surface area contributed by atoms with Crippen LogP contribution in [0.4, 0.5) is 5.69 Å². The SMILES string of the molecule is CN(CCNC(=O)/C=C/c1cccnc1)c1ccccc1. The molecule has 0 saturated carbocycles. The molecule has 2 rings (SSSR count). The first-order valence-electron chi connectivity index (χ1n) is 6.88. The molecule has 0 aliphatic carbocycles. The van der Waals surface area contributed by atoms with Crippen molar-refractivity contribution in [1.82, 2.24) is 10.3 Å². The van der Waals surface area contributed by atoms with Crippen molar-refractivity contribution >= 4 is 17.7 Å². The van der Waals surface area contributed by atoms with Gasteiger partial charge in [-0.25, -0.2) is 0 Å². The molecule has 2 aromatic rings. The number of benzene rings is 1. The fourth-order valence-electron chi connectivity index (χ4n) is 1.86. The summed E-state index contributed by atoms with van der Waals surface area (Å²) in [5.41, 5.74) is 2.05. The Balaban J connectivity index is 1.73. The molecule has 108 valence electrons. The molecular weight excluding hydrogens is 262 g/mol. The molecule has 0 spiro atoms.